The van der Waals surface area contributed by atoms with E-state index in [4.69, 9.17) is 10.8 Å². The average molecular weight is 308 g/mol. The van der Waals surface area contributed by atoms with Gasteiger partial charge in [0.15, 0.2) is 6.04 Å². The number of benzene rings is 1. The zero-order valence-electron chi connectivity index (χ0n) is 12.1. The summed E-state index contributed by atoms with van der Waals surface area (Å²) in [7, 11) is 0. The summed E-state index contributed by atoms with van der Waals surface area (Å²) in [6.07, 6.45) is 0.726. The molecular formula is C15H20N2O5. The van der Waals surface area contributed by atoms with Gasteiger partial charge < -0.3 is 10.8 Å². The van der Waals surface area contributed by atoms with Crippen LogP contribution in [0.25, 0.3) is 0 Å². The number of carboxylic acids is 1. The first-order valence-corrected chi connectivity index (χ1v) is 6.97. The molecule has 2 amide bonds. The number of aliphatic carboxylic acids is 1. The minimum Gasteiger partial charge on any atom is -0.480 e. The Bertz CT molecular complexity index is 518. The lowest BCUT2D eigenvalue weighted by molar-refractivity contribution is -0.186. The monoisotopic (exact) mass is 308 g/mol. The normalized spacial score (nSPS) is 11.7. The van der Waals surface area contributed by atoms with Gasteiger partial charge in [0.1, 0.15) is 0 Å². The second-order valence-corrected chi connectivity index (χ2v) is 4.94. The first-order valence-electron chi connectivity index (χ1n) is 6.97. The second-order valence-electron chi connectivity index (χ2n) is 4.94. The summed E-state index contributed by atoms with van der Waals surface area (Å²) in [6.45, 7) is 0. The zero-order chi connectivity index (χ0) is 16.5. The van der Waals surface area contributed by atoms with Crippen molar-refractivity contribution in [3.63, 3.8) is 0 Å². The van der Waals surface area contributed by atoms with Gasteiger partial charge in [-0.1, -0.05) is 30.3 Å². The molecule has 120 valence electrons. The number of nitrogens with zero attached hydrogens (tertiary/aromatic N) is 1. The maximum absolute atomic E-state index is 11.8. The summed E-state index contributed by atoms with van der Waals surface area (Å²) in [5.41, 5.74) is 6.00. The number of carbonyl (C=O) groups excluding carboxylic acids is 2. The summed E-state index contributed by atoms with van der Waals surface area (Å²) < 4.78 is 0. The lowest BCUT2D eigenvalue weighted by atomic mass is 10.1. The van der Waals surface area contributed by atoms with E-state index in [0.29, 0.717) is 12.8 Å². The highest BCUT2D eigenvalue weighted by atomic mass is 16.5. The molecule has 0 bridgehead atoms. The first-order chi connectivity index (χ1) is 10.4. The van der Waals surface area contributed by atoms with Crippen LogP contribution in [0.15, 0.2) is 30.3 Å². The summed E-state index contributed by atoms with van der Waals surface area (Å²) >= 11 is 0. The maximum atomic E-state index is 11.8. The van der Waals surface area contributed by atoms with Crippen LogP contribution in [-0.4, -0.2) is 39.2 Å². The molecule has 0 fully saturated rings. The van der Waals surface area contributed by atoms with Crippen LogP contribution >= 0.6 is 0 Å². The highest BCUT2D eigenvalue weighted by molar-refractivity contribution is 5.83. The Hall–Kier alpha value is -2.41. The predicted molar refractivity (Wildman–Crippen MR) is 77.9 cm³/mol. The number of hydrogen-bond acceptors (Lipinski definition) is 4. The SMILES string of the molecule is NC(=O)CCC(C(=O)O)N(O)C(=O)CCCc1ccccc1. The summed E-state index contributed by atoms with van der Waals surface area (Å²) in [6, 6.07) is 8.05. The molecule has 0 radical (unpaired) electrons. The van der Waals surface area contributed by atoms with E-state index in [1.54, 1.807) is 0 Å². The van der Waals surface area contributed by atoms with Crippen LogP contribution in [0.3, 0.4) is 0 Å². The van der Waals surface area contributed by atoms with E-state index in [2.05, 4.69) is 0 Å². The Morgan fingerprint density at radius 3 is 2.32 bits per heavy atom. The molecule has 0 aliphatic rings. The number of hydrogen-bond donors (Lipinski definition) is 3. The van der Waals surface area contributed by atoms with Gasteiger partial charge in [0.05, 0.1) is 0 Å². The molecule has 0 aliphatic carbocycles. The number of primary amides is 1. The van der Waals surface area contributed by atoms with E-state index in [-0.39, 0.29) is 24.3 Å². The number of rotatable bonds is 9. The van der Waals surface area contributed by atoms with E-state index < -0.39 is 23.8 Å². The van der Waals surface area contributed by atoms with Gasteiger partial charge >= 0.3 is 5.97 Å². The fourth-order valence-corrected chi connectivity index (χ4v) is 2.01. The number of aryl methyl sites for hydroxylation is 1. The van der Waals surface area contributed by atoms with Crippen molar-refractivity contribution < 1.29 is 24.7 Å². The number of amides is 2. The van der Waals surface area contributed by atoms with Gasteiger partial charge in [-0.3, -0.25) is 14.8 Å². The van der Waals surface area contributed by atoms with E-state index in [0.717, 1.165) is 5.56 Å². The molecule has 0 spiro atoms. The highest BCUT2D eigenvalue weighted by Crippen LogP contribution is 2.10. The van der Waals surface area contributed by atoms with Crippen LogP contribution < -0.4 is 5.73 Å². The Labute approximate surface area is 128 Å². The Balaban J connectivity index is 2.47. The van der Waals surface area contributed by atoms with Crippen LogP contribution in [0.5, 0.6) is 0 Å². The fraction of sp³-hybridized carbons (Fsp3) is 0.400. The molecule has 7 heteroatoms. The molecule has 0 aromatic heterocycles. The molecule has 22 heavy (non-hydrogen) atoms. The largest absolute Gasteiger partial charge is 0.480 e. The molecule has 0 aliphatic heterocycles. The van der Waals surface area contributed by atoms with E-state index in [1.165, 1.54) is 0 Å². The van der Waals surface area contributed by atoms with E-state index in [1.807, 2.05) is 30.3 Å². The highest BCUT2D eigenvalue weighted by Gasteiger charge is 2.28. The average Bonchev–Trinajstić information content (AvgIpc) is 2.47. The van der Waals surface area contributed by atoms with Crippen molar-refractivity contribution in [2.45, 2.75) is 38.1 Å². The smallest absolute Gasteiger partial charge is 0.329 e. The molecule has 7 nitrogen and oxygen atoms in total. The molecule has 4 N–H and O–H groups in total. The van der Waals surface area contributed by atoms with Crippen molar-refractivity contribution >= 4 is 17.8 Å². The Morgan fingerprint density at radius 2 is 1.77 bits per heavy atom. The third kappa shape index (κ3) is 5.92. The number of carbonyl (C=O) groups is 3. The first kappa shape index (κ1) is 17.6. The van der Waals surface area contributed by atoms with Gasteiger partial charge in [-0.05, 0) is 24.8 Å². The van der Waals surface area contributed by atoms with Crippen molar-refractivity contribution in [2.24, 2.45) is 5.73 Å². The van der Waals surface area contributed by atoms with Gasteiger partial charge in [0, 0.05) is 12.8 Å². The van der Waals surface area contributed by atoms with Crippen molar-refractivity contribution in [3.05, 3.63) is 35.9 Å². The molecule has 1 aromatic rings. The molecule has 1 atom stereocenters. The Kier molecular flexibility index (Phi) is 7.04. The standard InChI is InChI=1S/C15H20N2O5/c16-13(18)10-9-12(15(20)21)17(22)14(19)8-4-7-11-5-2-1-3-6-11/h1-3,5-6,12,22H,4,7-10H2,(H2,16,18)(H,20,21). The maximum Gasteiger partial charge on any atom is 0.329 e. The van der Waals surface area contributed by atoms with Gasteiger partial charge in [0.25, 0.3) is 0 Å². The lowest BCUT2D eigenvalue weighted by Crippen LogP contribution is -2.43. The van der Waals surface area contributed by atoms with Crippen LogP contribution in [-0.2, 0) is 20.8 Å². The van der Waals surface area contributed by atoms with Crippen molar-refractivity contribution in [2.75, 3.05) is 0 Å². The number of nitrogens with two attached hydrogens (primary N) is 1. The van der Waals surface area contributed by atoms with Crippen LogP contribution in [0.4, 0.5) is 0 Å². The van der Waals surface area contributed by atoms with Gasteiger partial charge in [0.2, 0.25) is 11.8 Å². The molecule has 1 rings (SSSR count). The molecule has 0 saturated carbocycles. The molecule has 1 unspecified atom stereocenters. The third-order valence-electron chi connectivity index (χ3n) is 3.20. The molecule has 0 heterocycles. The fourth-order valence-electron chi connectivity index (χ4n) is 2.01. The summed E-state index contributed by atoms with van der Waals surface area (Å²) in [5, 5.41) is 18.9. The zero-order valence-corrected chi connectivity index (χ0v) is 12.1. The molecule has 1 aromatic carbocycles. The topological polar surface area (TPSA) is 121 Å². The molecular weight excluding hydrogens is 288 g/mol. The lowest BCUT2D eigenvalue weighted by Gasteiger charge is -2.22. The molecule has 0 saturated heterocycles. The van der Waals surface area contributed by atoms with Crippen molar-refractivity contribution in [1.82, 2.24) is 5.06 Å². The Morgan fingerprint density at radius 1 is 1.14 bits per heavy atom. The number of hydroxylamine groups is 2. The van der Waals surface area contributed by atoms with Gasteiger partial charge in [-0.2, -0.15) is 0 Å². The van der Waals surface area contributed by atoms with Gasteiger partial charge in [-0.15, -0.1) is 0 Å². The van der Waals surface area contributed by atoms with E-state index >= 15 is 0 Å². The summed E-state index contributed by atoms with van der Waals surface area (Å²) in [5.74, 6) is -2.75. The van der Waals surface area contributed by atoms with Crippen LogP contribution in [0.1, 0.15) is 31.2 Å². The van der Waals surface area contributed by atoms with E-state index in [9.17, 15) is 19.6 Å². The number of carboxylic acid groups (broad SMARTS) is 1. The van der Waals surface area contributed by atoms with Crippen LogP contribution in [0.2, 0.25) is 0 Å². The van der Waals surface area contributed by atoms with Crippen LogP contribution in [0, 0.1) is 0 Å². The minimum atomic E-state index is -1.46. The third-order valence-corrected chi connectivity index (χ3v) is 3.20. The van der Waals surface area contributed by atoms with Gasteiger partial charge in [-0.25, -0.2) is 9.86 Å². The van der Waals surface area contributed by atoms with Crippen molar-refractivity contribution in [3.8, 4) is 0 Å². The summed E-state index contributed by atoms with van der Waals surface area (Å²) in [4.78, 5) is 33.6. The minimum absolute atomic E-state index is 0.0196. The quantitative estimate of drug-likeness (QED) is 0.463. The van der Waals surface area contributed by atoms with Crippen molar-refractivity contribution in [1.29, 1.82) is 0 Å². The predicted octanol–water partition coefficient (Wildman–Crippen LogP) is 0.946. The second kappa shape index (κ2) is 8.78.